The number of aromatic nitrogens is 3. The molecule has 1 aromatic rings. The van der Waals surface area contributed by atoms with E-state index < -0.39 is 0 Å². The summed E-state index contributed by atoms with van der Waals surface area (Å²) in [6.07, 6.45) is 4.72. The van der Waals surface area contributed by atoms with Crippen LogP contribution in [0.15, 0.2) is 0 Å². The first-order valence-corrected chi connectivity index (χ1v) is 8.03. The van der Waals surface area contributed by atoms with Crippen molar-refractivity contribution in [1.29, 1.82) is 0 Å². The van der Waals surface area contributed by atoms with Crippen molar-refractivity contribution in [2.45, 2.75) is 71.8 Å². The first-order chi connectivity index (χ1) is 9.79. The second-order valence-corrected chi connectivity index (χ2v) is 7.53. The van der Waals surface area contributed by atoms with Gasteiger partial charge in [0, 0.05) is 11.5 Å². The second kappa shape index (κ2) is 6.16. The first kappa shape index (κ1) is 16.0. The fraction of sp³-hybridized carbons (Fsp3) is 0.812. The zero-order valence-electron chi connectivity index (χ0n) is 13.9. The molecule has 2 unspecified atom stereocenters. The Labute approximate surface area is 127 Å². The fourth-order valence-corrected chi connectivity index (χ4v) is 3.07. The van der Waals surface area contributed by atoms with Crippen LogP contribution in [0.1, 0.15) is 76.7 Å². The largest absolute Gasteiger partial charge is 0.346 e. The van der Waals surface area contributed by atoms with Crippen molar-refractivity contribution in [3.63, 3.8) is 0 Å². The Hall–Kier alpha value is -1.39. The normalized spacial score (nSPS) is 23.3. The summed E-state index contributed by atoms with van der Waals surface area (Å²) < 4.78 is 0. The quantitative estimate of drug-likeness (QED) is 0.899. The molecule has 5 nitrogen and oxygen atoms in total. The van der Waals surface area contributed by atoms with E-state index in [-0.39, 0.29) is 23.2 Å². The van der Waals surface area contributed by atoms with E-state index in [1.165, 1.54) is 19.3 Å². The molecule has 1 saturated carbocycles. The Morgan fingerprint density at radius 3 is 2.52 bits per heavy atom. The van der Waals surface area contributed by atoms with Crippen molar-refractivity contribution in [3.05, 3.63) is 11.6 Å². The van der Waals surface area contributed by atoms with Gasteiger partial charge in [-0.3, -0.25) is 9.89 Å². The van der Waals surface area contributed by atoms with Gasteiger partial charge in [0.1, 0.15) is 5.82 Å². The van der Waals surface area contributed by atoms with Crippen molar-refractivity contribution < 1.29 is 4.79 Å². The van der Waals surface area contributed by atoms with Crippen LogP contribution < -0.4 is 5.32 Å². The van der Waals surface area contributed by atoms with Gasteiger partial charge in [0.2, 0.25) is 5.82 Å². The number of nitrogens with one attached hydrogen (secondary N) is 2. The van der Waals surface area contributed by atoms with Crippen LogP contribution in [0.5, 0.6) is 0 Å². The van der Waals surface area contributed by atoms with Gasteiger partial charge in [0.15, 0.2) is 0 Å². The van der Waals surface area contributed by atoms with E-state index in [1.807, 2.05) is 20.8 Å². The topological polar surface area (TPSA) is 70.7 Å². The van der Waals surface area contributed by atoms with Crippen molar-refractivity contribution in [1.82, 2.24) is 20.5 Å². The number of H-pyrrole nitrogens is 1. The Balaban J connectivity index is 2.05. The molecule has 21 heavy (non-hydrogen) atoms. The van der Waals surface area contributed by atoms with E-state index in [1.54, 1.807) is 0 Å². The Morgan fingerprint density at radius 2 is 1.95 bits per heavy atom. The molecule has 1 fully saturated rings. The molecule has 0 aliphatic heterocycles. The van der Waals surface area contributed by atoms with Gasteiger partial charge in [0.05, 0.1) is 0 Å². The summed E-state index contributed by atoms with van der Waals surface area (Å²) in [5.74, 6) is 2.00. The van der Waals surface area contributed by atoms with Gasteiger partial charge in [-0.05, 0) is 24.7 Å². The number of carbonyl (C=O) groups is 1. The predicted octanol–water partition coefficient (Wildman–Crippen LogP) is 3.05. The molecule has 0 aromatic carbocycles. The molecule has 5 heteroatoms. The van der Waals surface area contributed by atoms with Crippen LogP contribution in [0.3, 0.4) is 0 Å². The van der Waals surface area contributed by atoms with Gasteiger partial charge in [-0.15, -0.1) is 5.10 Å². The summed E-state index contributed by atoms with van der Waals surface area (Å²) in [6, 6.07) is 0.253. The van der Waals surface area contributed by atoms with Gasteiger partial charge in [-0.1, -0.05) is 47.5 Å². The smallest absolute Gasteiger partial charge is 0.291 e. The third-order valence-corrected chi connectivity index (χ3v) is 4.39. The summed E-state index contributed by atoms with van der Waals surface area (Å²) in [5.41, 5.74) is -0.128. The Morgan fingerprint density at radius 1 is 1.29 bits per heavy atom. The van der Waals surface area contributed by atoms with Gasteiger partial charge < -0.3 is 5.32 Å². The minimum Gasteiger partial charge on any atom is -0.346 e. The predicted molar refractivity (Wildman–Crippen MR) is 83.1 cm³/mol. The van der Waals surface area contributed by atoms with Gasteiger partial charge in [-0.25, -0.2) is 4.98 Å². The molecule has 1 amide bonds. The molecule has 118 valence electrons. The summed E-state index contributed by atoms with van der Waals surface area (Å²) in [6.45, 7) is 10.6. The zero-order valence-corrected chi connectivity index (χ0v) is 13.9. The summed E-state index contributed by atoms with van der Waals surface area (Å²) in [7, 11) is 0. The molecular weight excluding hydrogens is 264 g/mol. The molecule has 1 aliphatic rings. The van der Waals surface area contributed by atoms with E-state index in [4.69, 9.17) is 0 Å². The SMILES string of the molecule is CC(C)C1CCCCC1NC(=O)c1n[nH]c(C(C)(C)C)n1. The number of rotatable bonds is 3. The van der Waals surface area contributed by atoms with Crippen LogP contribution in [0, 0.1) is 11.8 Å². The lowest BCUT2D eigenvalue weighted by Crippen LogP contribution is -2.44. The minimum absolute atomic E-state index is 0.128. The average Bonchev–Trinajstić information content (AvgIpc) is 2.88. The highest BCUT2D eigenvalue weighted by Gasteiger charge is 2.30. The van der Waals surface area contributed by atoms with E-state index in [2.05, 4.69) is 34.3 Å². The van der Waals surface area contributed by atoms with Crippen molar-refractivity contribution in [2.24, 2.45) is 11.8 Å². The molecule has 0 radical (unpaired) electrons. The van der Waals surface area contributed by atoms with Crippen LogP contribution in [-0.4, -0.2) is 27.1 Å². The third-order valence-electron chi connectivity index (χ3n) is 4.39. The summed E-state index contributed by atoms with van der Waals surface area (Å²) in [4.78, 5) is 16.7. The van der Waals surface area contributed by atoms with Crippen LogP contribution in [0.2, 0.25) is 0 Å². The fourth-order valence-electron chi connectivity index (χ4n) is 3.07. The monoisotopic (exact) mass is 292 g/mol. The molecule has 1 aliphatic carbocycles. The molecule has 2 N–H and O–H groups in total. The van der Waals surface area contributed by atoms with Gasteiger partial charge in [-0.2, -0.15) is 0 Å². The molecule has 0 spiro atoms. The molecule has 1 heterocycles. The zero-order chi connectivity index (χ0) is 15.6. The minimum atomic E-state index is -0.153. The van der Waals surface area contributed by atoms with Crippen molar-refractivity contribution in [2.75, 3.05) is 0 Å². The van der Waals surface area contributed by atoms with Crippen LogP contribution in [0.25, 0.3) is 0 Å². The van der Waals surface area contributed by atoms with E-state index in [0.29, 0.717) is 11.8 Å². The van der Waals surface area contributed by atoms with Gasteiger partial charge >= 0.3 is 0 Å². The van der Waals surface area contributed by atoms with Crippen LogP contribution in [-0.2, 0) is 5.41 Å². The maximum absolute atomic E-state index is 12.4. The number of hydrogen-bond acceptors (Lipinski definition) is 3. The third kappa shape index (κ3) is 3.83. The van der Waals surface area contributed by atoms with E-state index >= 15 is 0 Å². The highest BCUT2D eigenvalue weighted by Crippen LogP contribution is 2.30. The highest BCUT2D eigenvalue weighted by atomic mass is 16.2. The number of nitrogens with zero attached hydrogens (tertiary/aromatic N) is 2. The molecule has 2 atom stereocenters. The van der Waals surface area contributed by atoms with Crippen molar-refractivity contribution in [3.8, 4) is 0 Å². The lowest BCUT2D eigenvalue weighted by atomic mass is 9.78. The van der Waals surface area contributed by atoms with Crippen LogP contribution in [0.4, 0.5) is 0 Å². The highest BCUT2D eigenvalue weighted by molar-refractivity contribution is 5.90. The summed E-state index contributed by atoms with van der Waals surface area (Å²) in [5, 5.41) is 10.1. The lowest BCUT2D eigenvalue weighted by molar-refractivity contribution is 0.0879. The molecule has 2 rings (SSSR count). The molecule has 1 aromatic heterocycles. The van der Waals surface area contributed by atoms with Gasteiger partial charge in [0.25, 0.3) is 5.91 Å². The standard InChI is InChI=1S/C16H28N4O/c1-10(2)11-8-6-7-9-12(11)17-14(21)13-18-15(20-19-13)16(3,4)5/h10-12H,6-9H2,1-5H3,(H,17,21)(H,18,19,20). The lowest BCUT2D eigenvalue weighted by Gasteiger charge is -2.34. The number of hydrogen-bond donors (Lipinski definition) is 2. The maximum Gasteiger partial charge on any atom is 0.291 e. The number of carbonyl (C=O) groups excluding carboxylic acids is 1. The number of aromatic amines is 1. The first-order valence-electron chi connectivity index (χ1n) is 8.03. The molecule has 0 bridgehead atoms. The van der Waals surface area contributed by atoms with E-state index in [9.17, 15) is 4.79 Å². The second-order valence-electron chi connectivity index (χ2n) is 7.53. The Kier molecular flexibility index (Phi) is 4.69. The average molecular weight is 292 g/mol. The van der Waals surface area contributed by atoms with Crippen LogP contribution >= 0.6 is 0 Å². The van der Waals surface area contributed by atoms with E-state index in [0.717, 1.165) is 12.2 Å². The summed E-state index contributed by atoms with van der Waals surface area (Å²) >= 11 is 0. The van der Waals surface area contributed by atoms with Crippen molar-refractivity contribution >= 4 is 5.91 Å². The number of amides is 1. The molecule has 0 saturated heterocycles. The molecular formula is C16H28N4O. The Bertz CT molecular complexity index is 487. The maximum atomic E-state index is 12.4.